The van der Waals surface area contributed by atoms with Crippen molar-refractivity contribution in [2.24, 2.45) is 0 Å². The standard InChI is InChI=1S/C12H9N3O5/c1-7-6-8(15(18)19)2-3-10(7)20-11-9(12(16)17)4-5-13-14-11/h2-6H,1H3,(H,16,17). The van der Waals surface area contributed by atoms with E-state index in [-0.39, 0.29) is 22.9 Å². The highest BCUT2D eigenvalue weighted by Crippen LogP contribution is 2.28. The van der Waals surface area contributed by atoms with Crippen molar-refractivity contribution in [3.63, 3.8) is 0 Å². The van der Waals surface area contributed by atoms with E-state index in [0.717, 1.165) is 0 Å². The molecular weight excluding hydrogens is 266 g/mol. The van der Waals surface area contributed by atoms with Gasteiger partial charge in [0.1, 0.15) is 11.3 Å². The quantitative estimate of drug-likeness (QED) is 0.671. The zero-order valence-electron chi connectivity index (χ0n) is 10.3. The molecule has 0 fully saturated rings. The molecule has 1 N–H and O–H groups in total. The average Bonchev–Trinajstić information content (AvgIpc) is 2.41. The Morgan fingerprint density at radius 3 is 2.75 bits per heavy atom. The van der Waals surface area contributed by atoms with Gasteiger partial charge in [-0.3, -0.25) is 10.1 Å². The molecule has 1 heterocycles. The summed E-state index contributed by atoms with van der Waals surface area (Å²) < 4.78 is 5.36. The highest BCUT2D eigenvalue weighted by Gasteiger charge is 2.16. The lowest BCUT2D eigenvalue weighted by Crippen LogP contribution is -2.03. The van der Waals surface area contributed by atoms with Crippen LogP contribution in [0.2, 0.25) is 0 Å². The Labute approximate surface area is 112 Å². The molecule has 0 spiro atoms. The lowest BCUT2D eigenvalue weighted by molar-refractivity contribution is -0.384. The fraction of sp³-hybridized carbons (Fsp3) is 0.0833. The van der Waals surface area contributed by atoms with Gasteiger partial charge in [0.25, 0.3) is 11.6 Å². The largest absolute Gasteiger partial charge is 0.477 e. The monoisotopic (exact) mass is 275 g/mol. The Bertz CT molecular complexity index is 687. The summed E-state index contributed by atoms with van der Waals surface area (Å²) >= 11 is 0. The van der Waals surface area contributed by atoms with Gasteiger partial charge in [-0.25, -0.2) is 4.79 Å². The molecule has 2 rings (SSSR count). The summed E-state index contributed by atoms with van der Waals surface area (Å²) in [7, 11) is 0. The lowest BCUT2D eigenvalue weighted by Gasteiger charge is -2.08. The van der Waals surface area contributed by atoms with Gasteiger partial charge in [-0.2, -0.15) is 5.10 Å². The van der Waals surface area contributed by atoms with Gasteiger partial charge in [0.15, 0.2) is 0 Å². The van der Waals surface area contributed by atoms with Crippen LogP contribution in [-0.4, -0.2) is 26.2 Å². The molecule has 0 aliphatic carbocycles. The molecule has 8 nitrogen and oxygen atoms in total. The van der Waals surface area contributed by atoms with Crippen LogP contribution >= 0.6 is 0 Å². The van der Waals surface area contributed by atoms with Crippen molar-refractivity contribution < 1.29 is 19.6 Å². The first-order valence-corrected chi connectivity index (χ1v) is 5.47. The van der Waals surface area contributed by atoms with Crippen LogP contribution < -0.4 is 4.74 Å². The zero-order chi connectivity index (χ0) is 14.7. The number of non-ortho nitro benzene ring substituents is 1. The lowest BCUT2D eigenvalue weighted by atomic mass is 10.2. The third-order valence-corrected chi connectivity index (χ3v) is 2.49. The second kappa shape index (κ2) is 5.31. The molecule has 0 aliphatic rings. The number of benzene rings is 1. The summed E-state index contributed by atoms with van der Waals surface area (Å²) in [4.78, 5) is 21.1. The second-order valence-corrected chi connectivity index (χ2v) is 3.86. The number of nitro groups is 1. The molecule has 0 saturated carbocycles. The molecule has 0 bridgehead atoms. The number of ether oxygens (including phenoxy) is 1. The summed E-state index contributed by atoms with van der Waals surface area (Å²) in [6, 6.07) is 5.23. The number of aromatic carboxylic acids is 1. The van der Waals surface area contributed by atoms with Gasteiger partial charge in [0.05, 0.1) is 11.1 Å². The number of rotatable bonds is 4. The number of aromatic nitrogens is 2. The van der Waals surface area contributed by atoms with Crippen LogP contribution in [0.25, 0.3) is 0 Å². The van der Waals surface area contributed by atoms with E-state index in [9.17, 15) is 14.9 Å². The van der Waals surface area contributed by atoms with E-state index in [1.807, 2.05) is 0 Å². The maximum absolute atomic E-state index is 11.0. The first-order valence-electron chi connectivity index (χ1n) is 5.47. The fourth-order valence-electron chi connectivity index (χ4n) is 1.52. The zero-order valence-corrected chi connectivity index (χ0v) is 10.3. The Hall–Kier alpha value is -3.03. The summed E-state index contributed by atoms with van der Waals surface area (Å²) in [5.74, 6) is -1.09. The number of carboxylic acid groups (broad SMARTS) is 1. The average molecular weight is 275 g/mol. The molecule has 20 heavy (non-hydrogen) atoms. The molecule has 102 valence electrons. The third-order valence-electron chi connectivity index (χ3n) is 2.49. The Morgan fingerprint density at radius 1 is 1.40 bits per heavy atom. The first kappa shape index (κ1) is 13.4. The van der Waals surface area contributed by atoms with Crippen molar-refractivity contribution in [3.8, 4) is 11.6 Å². The predicted molar refractivity (Wildman–Crippen MR) is 66.9 cm³/mol. The van der Waals surface area contributed by atoms with Gasteiger partial charge in [-0.15, -0.1) is 5.10 Å². The minimum absolute atomic E-state index is 0.0764. The maximum atomic E-state index is 11.0. The van der Waals surface area contributed by atoms with Gasteiger partial charge >= 0.3 is 5.97 Å². The molecule has 1 aromatic carbocycles. The Balaban J connectivity index is 2.36. The predicted octanol–water partition coefficient (Wildman–Crippen LogP) is 2.18. The normalized spacial score (nSPS) is 10.1. The summed E-state index contributed by atoms with van der Waals surface area (Å²) in [6.07, 6.45) is 1.24. The molecule has 0 aliphatic heterocycles. The molecule has 0 amide bonds. The minimum Gasteiger partial charge on any atom is -0.477 e. The van der Waals surface area contributed by atoms with Crippen molar-refractivity contribution in [1.82, 2.24) is 10.2 Å². The molecule has 8 heteroatoms. The second-order valence-electron chi connectivity index (χ2n) is 3.86. The number of hydrogen-bond donors (Lipinski definition) is 1. The number of hydrogen-bond acceptors (Lipinski definition) is 6. The fourth-order valence-corrected chi connectivity index (χ4v) is 1.52. The van der Waals surface area contributed by atoms with Crippen molar-refractivity contribution >= 4 is 11.7 Å². The van der Waals surface area contributed by atoms with E-state index in [4.69, 9.17) is 9.84 Å². The van der Waals surface area contributed by atoms with Crippen molar-refractivity contribution in [2.75, 3.05) is 0 Å². The number of carbonyl (C=O) groups is 1. The van der Waals surface area contributed by atoms with Crippen LogP contribution in [0, 0.1) is 17.0 Å². The highest BCUT2D eigenvalue weighted by atomic mass is 16.6. The third kappa shape index (κ3) is 2.69. The van der Waals surface area contributed by atoms with Crippen LogP contribution in [0.5, 0.6) is 11.6 Å². The number of nitro benzene ring substituents is 1. The number of carboxylic acids is 1. The first-order chi connectivity index (χ1) is 9.49. The van der Waals surface area contributed by atoms with Crippen molar-refractivity contribution in [1.29, 1.82) is 0 Å². The van der Waals surface area contributed by atoms with E-state index in [1.54, 1.807) is 6.92 Å². The van der Waals surface area contributed by atoms with E-state index >= 15 is 0 Å². The van der Waals surface area contributed by atoms with Crippen molar-refractivity contribution in [2.45, 2.75) is 6.92 Å². The highest BCUT2D eigenvalue weighted by molar-refractivity contribution is 5.90. The van der Waals surface area contributed by atoms with Gasteiger partial charge in [0, 0.05) is 12.1 Å². The Morgan fingerprint density at radius 2 is 2.15 bits per heavy atom. The summed E-state index contributed by atoms with van der Waals surface area (Å²) in [6.45, 7) is 1.61. The summed E-state index contributed by atoms with van der Waals surface area (Å²) in [5, 5.41) is 26.8. The van der Waals surface area contributed by atoms with Crippen LogP contribution in [0.1, 0.15) is 15.9 Å². The molecule has 0 atom stereocenters. The molecule has 0 unspecified atom stereocenters. The Kier molecular flexibility index (Phi) is 3.56. The van der Waals surface area contributed by atoms with Gasteiger partial charge in [-0.1, -0.05) is 0 Å². The van der Waals surface area contributed by atoms with Crippen LogP contribution in [0.4, 0.5) is 5.69 Å². The van der Waals surface area contributed by atoms with Gasteiger partial charge in [-0.05, 0) is 24.6 Å². The maximum Gasteiger partial charge on any atom is 0.341 e. The van der Waals surface area contributed by atoms with Crippen LogP contribution in [0.3, 0.4) is 0 Å². The smallest absolute Gasteiger partial charge is 0.341 e. The van der Waals surface area contributed by atoms with Crippen LogP contribution in [0.15, 0.2) is 30.5 Å². The van der Waals surface area contributed by atoms with E-state index in [1.165, 1.54) is 30.5 Å². The van der Waals surface area contributed by atoms with Crippen LogP contribution in [-0.2, 0) is 0 Å². The van der Waals surface area contributed by atoms with E-state index in [0.29, 0.717) is 5.56 Å². The molecule has 1 aromatic heterocycles. The van der Waals surface area contributed by atoms with E-state index < -0.39 is 10.9 Å². The number of aryl methyl sites for hydroxylation is 1. The molecular formula is C12H9N3O5. The minimum atomic E-state index is -1.20. The van der Waals surface area contributed by atoms with Gasteiger partial charge in [0.2, 0.25) is 0 Å². The topological polar surface area (TPSA) is 115 Å². The summed E-state index contributed by atoms with van der Waals surface area (Å²) in [5.41, 5.74) is 0.270. The number of nitrogens with zero attached hydrogens (tertiary/aromatic N) is 3. The van der Waals surface area contributed by atoms with Gasteiger partial charge < -0.3 is 9.84 Å². The van der Waals surface area contributed by atoms with E-state index in [2.05, 4.69) is 10.2 Å². The molecule has 0 saturated heterocycles. The molecule has 2 aromatic rings. The molecule has 0 radical (unpaired) electrons. The van der Waals surface area contributed by atoms with Crippen molar-refractivity contribution in [3.05, 3.63) is 51.7 Å². The SMILES string of the molecule is Cc1cc([N+](=O)[O-])ccc1Oc1nnccc1C(=O)O.